The number of hydrogen-bond acceptors (Lipinski definition) is 4. The topological polar surface area (TPSA) is 84.8 Å². The lowest BCUT2D eigenvalue weighted by Gasteiger charge is -2.33. The molecule has 1 aliphatic rings. The minimum Gasteiger partial charge on any atom is -0.262 e. The molecule has 6 heteroatoms. The third-order valence-corrected chi connectivity index (χ3v) is 3.05. The van der Waals surface area contributed by atoms with Crippen LogP contribution in [0.2, 0.25) is 0 Å². The Balaban J connectivity index is 2.05. The Morgan fingerprint density at radius 1 is 1.75 bits per heavy atom. The van der Waals surface area contributed by atoms with Crippen molar-refractivity contribution in [1.29, 1.82) is 5.26 Å². The summed E-state index contributed by atoms with van der Waals surface area (Å²) in [5, 5.41) is 23.3. The van der Waals surface area contributed by atoms with Crippen LogP contribution in [0.3, 0.4) is 0 Å². The fourth-order valence-electron chi connectivity index (χ4n) is 2.05. The molecule has 0 bridgehead atoms. The molecule has 0 N–H and O–H groups in total. The number of aryl methyl sites for hydroxylation is 1. The molecular weight excluding hydrogens is 208 g/mol. The molecule has 1 fully saturated rings. The fraction of sp³-hybridized carbons (Fsp3) is 0.600. The molecule has 0 aliphatic heterocycles. The summed E-state index contributed by atoms with van der Waals surface area (Å²) in [7, 11) is 0. The third-order valence-electron chi connectivity index (χ3n) is 3.05. The highest BCUT2D eigenvalue weighted by Crippen LogP contribution is 2.39. The van der Waals surface area contributed by atoms with Crippen LogP contribution in [0.4, 0.5) is 5.69 Å². The lowest BCUT2D eigenvalue weighted by atomic mass is 9.79. The van der Waals surface area contributed by atoms with Crippen molar-refractivity contribution in [3.8, 4) is 6.07 Å². The summed E-state index contributed by atoms with van der Waals surface area (Å²) in [6, 6.07) is 2.37. The van der Waals surface area contributed by atoms with Crippen molar-refractivity contribution in [2.45, 2.75) is 32.2 Å². The average molecular weight is 220 g/mol. The molecule has 0 saturated heterocycles. The summed E-state index contributed by atoms with van der Waals surface area (Å²) in [5.41, 5.74) is 0.525. The van der Waals surface area contributed by atoms with Gasteiger partial charge in [-0.25, -0.2) is 0 Å². The van der Waals surface area contributed by atoms with Crippen LogP contribution in [0.1, 0.15) is 31.0 Å². The van der Waals surface area contributed by atoms with Gasteiger partial charge in [0.05, 0.1) is 17.0 Å². The van der Waals surface area contributed by atoms with Gasteiger partial charge in [-0.3, -0.25) is 14.8 Å². The van der Waals surface area contributed by atoms with E-state index in [2.05, 4.69) is 11.2 Å². The Morgan fingerprint density at radius 2 is 2.44 bits per heavy atom. The molecule has 6 nitrogen and oxygen atoms in total. The molecule has 0 unspecified atom stereocenters. The van der Waals surface area contributed by atoms with Gasteiger partial charge in [-0.2, -0.15) is 10.4 Å². The van der Waals surface area contributed by atoms with Crippen molar-refractivity contribution in [2.24, 2.45) is 5.92 Å². The van der Waals surface area contributed by atoms with Gasteiger partial charge in [0, 0.05) is 6.42 Å². The van der Waals surface area contributed by atoms with Crippen molar-refractivity contribution in [3.05, 3.63) is 22.0 Å². The van der Waals surface area contributed by atoms with Gasteiger partial charge in [0.2, 0.25) is 0 Å². The molecule has 1 aromatic heterocycles. The second kappa shape index (κ2) is 3.93. The molecule has 0 radical (unpaired) electrons. The minimum absolute atomic E-state index is 0.0729. The number of nitro groups is 1. The quantitative estimate of drug-likeness (QED) is 0.575. The van der Waals surface area contributed by atoms with E-state index in [1.807, 2.05) is 0 Å². The van der Waals surface area contributed by atoms with Crippen LogP contribution in [0.5, 0.6) is 0 Å². The van der Waals surface area contributed by atoms with Crippen LogP contribution in [-0.2, 0) is 0 Å². The summed E-state index contributed by atoms with van der Waals surface area (Å²) < 4.78 is 1.67. The first-order valence-electron chi connectivity index (χ1n) is 5.19. The van der Waals surface area contributed by atoms with Crippen LogP contribution in [0, 0.1) is 34.3 Å². The molecule has 0 atom stereocenters. The van der Waals surface area contributed by atoms with Gasteiger partial charge in [0.15, 0.2) is 0 Å². The molecule has 1 aliphatic carbocycles. The Morgan fingerprint density at radius 3 is 2.94 bits per heavy atom. The standard InChI is InChI=1S/C10H12N4O2/c1-7-10(14(15)16)6-13(12-7)9-4-8(5-9)2-3-11/h6,8-9H,2,4-5H2,1H3. The smallest absolute Gasteiger partial charge is 0.262 e. The van der Waals surface area contributed by atoms with Crippen LogP contribution in [0.15, 0.2) is 6.20 Å². The molecule has 0 spiro atoms. The highest BCUT2D eigenvalue weighted by molar-refractivity contribution is 5.31. The van der Waals surface area contributed by atoms with E-state index in [-0.39, 0.29) is 11.7 Å². The van der Waals surface area contributed by atoms with Crippen LogP contribution < -0.4 is 0 Å². The van der Waals surface area contributed by atoms with Gasteiger partial charge in [0.1, 0.15) is 11.9 Å². The third kappa shape index (κ3) is 1.76. The van der Waals surface area contributed by atoms with Crippen LogP contribution in [-0.4, -0.2) is 14.7 Å². The van der Waals surface area contributed by atoms with Crippen LogP contribution >= 0.6 is 0 Å². The van der Waals surface area contributed by atoms with Gasteiger partial charge in [0.25, 0.3) is 0 Å². The van der Waals surface area contributed by atoms with E-state index in [1.54, 1.807) is 11.6 Å². The van der Waals surface area contributed by atoms with Crippen molar-refractivity contribution in [3.63, 3.8) is 0 Å². The van der Waals surface area contributed by atoms with Gasteiger partial charge in [-0.05, 0) is 25.7 Å². The molecule has 16 heavy (non-hydrogen) atoms. The SMILES string of the molecule is Cc1nn(C2CC(CC#N)C2)cc1[N+](=O)[O-]. The number of nitriles is 1. The highest BCUT2D eigenvalue weighted by atomic mass is 16.6. The second-order valence-corrected chi connectivity index (χ2v) is 4.19. The summed E-state index contributed by atoms with van der Waals surface area (Å²) in [6.45, 7) is 1.64. The summed E-state index contributed by atoms with van der Waals surface area (Å²) >= 11 is 0. The number of aromatic nitrogens is 2. The monoisotopic (exact) mass is 220 g/mol. The first-order valence-corrected chi connectivity index (χ1v) is 5.19. The Bertz CT molecular complexity index is 454. The van der Waals surface area contributed by atoms with E-state index in [0.29, 0.717) is 18.0 Å². The maximum Gasteiger partial charge on any atom is 0.309 e. The number of hydrogen-bond donors (Lipinski definition) is 0. The molecule has 84 valence electrons. The first-order chi connectivity index (χ1) is 7.61. The van der Waals surface area contributed by atoms with Crippen molar-refractivity contribution in [1.82, 2.24) is 9.78 Å². The van der Waals surface area contributed by atoms with E-state index in [9.17, 15) is 10.1 Å². The predicted octanol–water partition coefficient (Wildman–Crippen LogP) is 1.96. The molecular formula is C10H12N4O2. The van der Waals surface area contributed by atoms with E-state index in [4.69, 9.17) is 5.26 Å². The van der Waals surface area contributed by atoms with E-state index < -0.39 is 4.92 Å². The minimum atomic E-state index is -0.412. The second-order valence-electron chi connectivity index (χ2n) is 4.19. The maximum absolute atomic E-state index is 10.6. The number of nitrogens with zero attached hydrogens (tertiary/aromatic N) is 4. The largest absolute Gasteiger partial charge is 0.309 e. The van der Waals surface area contributed by atoms with Crippen LogP contribution in [0.25, 0.3) is 0 Å². The van der Waals surface area contributed by atoms with Gasteiger partial charge >= 0.3 is 5.69 Å². The van der Waals surface area contributed by atoms with Gasteiger partial charge in [-0.1, -0.05) is 0 Å². The molecule has 1 aromatic rings. The Kier molecular flexibility index (Phi) is 2.60. The van der Waals surface area contributed by atoms with E-state index >= 15 is 0 Å². The lowest BCUT2D eigenvalue weighted by molar-refractivity contribution is -0.385. The Labute approximate surface area is 92.6 Å². The maximum atomic E-state index is 10.6. The Hall–Kier alpha value is -1.90. The number of rotatable bonds is 3. The first kappa shape index (κ1) is 10.6. The van der Waals surface area contributed by atoms with Crippen molar-refractivity contribution >= 4 is 5.69 Å². The normalized spacial score (nSPS) is 23.5. The molecule has 2 rings (SSSR count). The predicted molar refractivity (Wildman–Crippen MR) is 55.6 cm³/mol. The average Bonchev–Trinajstić information content (AvgIpc) is 2.53. The van der Waals surface area contributed by atoms with Gasteiger partial charge < -0.3 is 0 Å². The fourth-order valence-corrected chi connectivity index (χ4v) is 2.05. The molecule has 0 aromatic carbocycles. The summed E-state index contributed by atoms with van der Waals surface area (Å²) in [6.07, 6.45) is 3.85. The zero-order chi connectivity index (χ0) is 11.7. The van der Waals surface area contributed by atoms with Gasteiger partial charge in [-0.15, -0.1) is 0 Å². The highest BCUT2D eigenvalue weighted by Gasteiger charge is 2.32. The summed E-state index contributed by atoms with van der Waals surface area (Å²) in [5.74, 6) is 0.429. The molecule has 1 saturated carbocycles. The van der Waals surface area contributed by atoms with Crippen molar-refractivity contribution in [2.75, 3.05) is 0 Å². The van der Waals surface area contributed by atoms with E-state index in [0.717, 1.165) is 12.8 Å². The summed E-state index contributed by atoms with van der Waals surface area (Å²) in [4.78, 5) is 10.2. The zero-order valence-corrected chi connectivity index (χ0v) is 8.96. The molecule has 1 heterocycles. The zero-order valence-electron chi connectivity index (χ0n) is 8.96. The lowest BCUT2D eigenvalue weighted by Crippen LogP contribution is -2.26. The molecule has 0 amide bonds. The van der Waals surface area contributed by atoms with E-state index in [1.165, 1.54) is 6.20 Å². The van der Waals surface area contributed by atoms with Crippen molar-refractivity contribution < 1.29 is 4.92 Å².